The van der Waals surface area contributed by atoms with Gasteiger partial charge in [0.1, 0.15) is 5.76 Å². The molecule has 0 aliphatic heterocycles. The molecule has 2 aromatic carbocycles. The lowest BCUT2D eigenvalue weighted by Gasteiger charge is -2.28. The molecule has 0 aliphatic rings. The predicted octanol–water partition coefficient (Wildman–Crippen LogP) is 6.56. The Hall–Kier alpha value is -3.91. The Morgan fingerprint density at radius 2 is 1.81 bits per heavy atom. The summed E-state index contributed by atoms with van der Waals surface area (Å²) in [4.78, 5) is 27.1. The van der Waals surface area contributed by atoms with E-state index in [1.165, 1.54) is 12.5 Å². The van der Waals surface area contributed by atoms with Gasteiger partial charge in [-0.05, 0) is 88.4 Å². The van der Waals surface area contributed by atoms with Gasteiger partial charge in [0.2, 0.25) is 0 Å². The second-order valence-electron chi connectivity index (χ2n) is 9.25. The van der Waals surface area contributed by atoms with E-state index in [1.807, 2.05) is 37.9 Å². The van der Waals surface area contributed by atoms with Crippen LogP contribution in [0.25, 0.3) is 16.8 Å². The van der Waals surface area contributed by atoms with Gasteiger partial charge in [-0.25, -0.2) is 9.78 Å². The molecule has 0 radical (unpaired) electrons. The highest BCUT2D eigenvalue weighted by atomic mass is 17.2. The van der Waals surface area contributed by atoms with Crippen molar-refractivity contribution in [1.29, 1.82) is 0 Å². The van der Waals surface area contributed by atoms with E-state index in [4.69, 9.17) is 9.41 Å². The first-order valence-electron chi connectivity index (χ1n) is 12.6. The highest BCUT2D eigenvalue weighted by Crippen LogP contribution is 2.35. The minimum Gasteiger partial charge on any atom is -0.361 e. The Balaban J connectivity index is 1.59. The maximum Gasteiger partial charge on any atom is 0.339 e. The number of nitrogens with zero attached hydrogens (tertiary/aromatic N) is 4. The molecule has 8 heteroatoms. The third-order valence-corrected chi connectivity index (χ3v) is 6.28. The van der Waals surface area contributed by atoms with Gasteiger partial charge < -0.3 is 14.0 Å². The molecule has 0 spiro atoms. The normalized spacial score (nSPS) is 11.1. The molecule has 8 nitrogen and oxygen atoms in total. The van der Waals surface area contributed by atoms with Gasteiger partial charge in [0.05, 0.1) is 24.3 Å². The number of unbranched alkanes of at least 4 members (excludes halogenated alkanes) is 2. The van der Waals surface area contributed by atoms with E-state index in [2.05, 4.69) is 69.3 Å². The summed E-state index contributed by atoms with van der Waals surface area (Å²) in [6, 6.07) is 15.0. The largest absolute Gasteiger partial charge is 0.361 e. The lowest BCUT2D eigenvalue weighted by Crippen LogP contribution is -2.20. The van der Waals surface area contributed by atoms with Gasteiger partial charge in [-0.2, -0.15) is 4.89 Å². The summed E-state index contributed by atoms with van der Waals surface area (Å²) >= 11 is 0. The number of rotatable bonds is 11. The van der Waals surface area contributed by atoms with Crippen molar-refractivity contribution < 1.29 is 19.1 Å². The Morgan fingerprint density at radius 1 is 1.03 bits per heavy atom. The van der Waals surface area contributed by atoms with Crippen LogP contribution in [0.5, 0.6) is 0 Å². The zero-order chi connectivity index (χ0) is 26.4. The Kier molecular flexibility index (Phi) is 8.40. The zero-order valence-electron chi connectivity index (χ0n) is 22.2. The third-order valence-electron chi connectivity index (χ3n) is 6.28. The van der Waals surface area contributed by atoms with Crippen LogP contribution >= 0.6 is 0 Å². The smallest absolute Gasteiger partial charge is 0.339 e. The van der Waals surface area contributed by atoms with Crippen molar-refractivity contribution in [2.24, 2.45) is 0 Å². The average Bonchev–Trinajstić information content (AvgIpc) is 3.46. The first-order valence-corrected chi connectivity index (χ1v) is 12.6. The lowest BCUT2D eigenvalue weighted by molar-refractivity contribution is -0.270. The van der Waals surface area contributed by atoms with Crippen molar-refractivity contribution in [3.63, 3.8) is 0 Å². The van der Waals surface area contributed by atoms with Crippen LogP contribution in [-0.4, -0.2) is 33.8 Å². The Morgan fingerprint density at radius 3 is 2.46 bits per heavy atom. The number of benzene rings is 2. The standard InChI is InChI=1S/C29H34N4O4/c1-20-9-10-25(29-22(3)31-36-23(29)4)17-28(20)33(15-7-6-8-16-35-37-24(5)34)27-13-11-26(12-14-27)32-18-21(2)30-19-32/h9-14,17-19H,6-8,15-16H2,1-5H3. The van der Waals surface area contributed by atoms with Crippen molar-refractivity contribution in [3.05, 3.63) is 77.7 Å². The maximum absolute atomic E-state index is 10.9. The van der Waals surface area contributed by atoms with Crippen molar-refractivity contribution in [3.8, 4) is 16.8 Å². The maximum atomic E-state index is 10.9. The molecule has 2 heterocycles. The lowest BCUT2D eigenvalue weighted by atomic mass is 10.0. The van der Waals surface area contributed by atoms with Crippen LogP contribution in [0.15, 0.2) is 59.5 Å². The molecule has 0 amide bonds. The van der Waals surface area contributed by atoms with E-state index in [9.17, 15) is 4.79 Å². The van der Waals surface area contributed by atoms with E-state index >= 15 is 0 Å². The number of hydrogen-bond donors (Lipinski definition) is 0. The molecule has 0 unspecified atom stereocenters. The highest BCUT2D eigenvalue weighted by Gasteiger charge is 2.17. The van der Waals surface area contributed by atoms with Crippen molar-refractivity contribution >= 4 is 17.3 Å². The first-order chi connectivity index (χ1) is 17.8. The molecule has 0 atom stereocenters. The molecule has 2 aromatic heterocycles. The molecule has 37 heavy (non-hydrogen) atoms. The number of carbonyl (C=O) groups is 1. The molecular weight excluding hydrogens is 468 g/mol. The van der Waals surface area contributed by atoms with E-state index in [-0.39, 0.29) is 0 Å². The van der Waals surface area contributed by atoms with E-state index in [0.29, 0.717) is 6.61 Å². The van der Waals surface area contributed by atoms with Crippen molar-refractivity contribution in [1.82, 2.24) is 14.7 Å². The molecule has 0 fully saturated rings. The number of aryl methyl sites for hydroxylation is 4. The molecule has 4 rings (SSSR count). The average molecular weight is 503 g/mol. The Bertz CT molecular complexity index is 1320. The van der Waals surface area contributed by atoms with Gasteiger partial charge in [0.25, 0.3) is 0 Å². The van der Waals surface area contributed by atoms with Crippen LogP contribution in [0, 0.1) is 27.7 Å². The quantitative estimate of drug-likeness (QED) is 0.130. The van der Waals surface area contributed by atoms with Gasteiger partial charge in [0, 0.05) is 42.3 Å². The van der Waals surface area contributed by atoms with Crippen LogP contribution < -0.4 is 4.90 Å². The fraction of sp³-hybridized carbons (Fsp3) is 0.345. The molecule has 0 saturated carbocycles. The van der Waals surface area contributed by atoms with Gasteiger partial charge in [-0.15, -0.1) is 0 Å². The van der Waals surface area contributed by atoms with Gasteiger partial charge in [-0.1, -0.05) is 17.3 Å². The highest BCUT2D eigenvalue weighted by molar-refractivity contribution is 5.76. The van der Waals surface area contributed by atoms with Gasteiger partial charge in [-0.3, -0.25) is 4.89 Å². The fourth-order valence-corrected chi connectivity index (χ4v) is 4.44. The number of imidazole rings is 1. The summed E-state index contributed by atoms with van der Waals surface area (Å²) in [5, 5.41) is 4.14. The first kappa shape index (κ1) is 26.2. The van der Waals surface area contributed by atoms with Gasteiger partial charge in [0.15, 0.2) is 0 Å². The monoisotopic (exact) mass is 502 g/mol. The number of aromatic nitrogens is 3. The van der Waals surface area contributed by atoms with Crippen molar-refractivity contribution in [2.45, 2.75) is 53.9 Å². The van der Waals surface area contributed by atoms with Crippen molar-refractivity contribution in [2.75, 3.05) is 18.1 Å². The molecule has 194 valence electrons. The van der Waals surface area contributed by atoms with E-state index < -0.39 is 5.97 Å². The summed E-state index contributed by atoms with van der Waals surface area (Å²) < 4.78 is 7.46. The SMILES string of the molecule is CC(=O)OOCCCCCN(c1ccc(-n2cnc(C)c2)cc1)c1cc(-c2c(C)noc2C)ccc1C. The minimum atomic E-state index is -0.436. The van der Waals surface area contributed by atoms with Crippen LogP contribution in [-0.2, 0) is 14.6 Å². The molecule has 0 aliphatic carbocycles. The second kappa shape index (κ2) is 11.9. The minimum absolute atomic E-state index is 0.388. The summed E-state index contributed by atoms with van der Waals surface area (Å²) in [5.41, 5.74) is 8.48. The van der Waals surface area contributed by atoms with E-state index in [1.54, 1.807) is 0 Å². The van der Waals surface area contributed by atoms with Crippen LogP contribution in [0.3, 0.4) is 0 Å². The fourth-order valence-electron chi connectivity index (χ4n) is 4.44. The third kappa shape index (κ3) is 6.46. The number of hydrogen-bond acceptors (Lipinski definition) is 7. The predicted molar refractivity (Wildman–Crippen MR) is 143 cm³/mol. The molecule has 0 bridgehead atoms. The topological polar surface area (TPSA) is 82.6 Å². The molecule has 0 N–H and O–H groups in total. The second-order valence-corrected chi connectivity index (χ2v) is 9.25. The molecular formula is C29H34N4O4. The summed E-state index contributed by atoms with van der Waals surface area (Å²) in [6.07, 6.45) is 6.53. The number of carbonyl (C=O) groups excluding carboxylic acids is 1. The van der Waals surface area contributed by atoms with Crippen LogP contribution in [0.4, 0.5) is 11.4 Å². The number of anilines is 2. The van der Waals surface area contributed by atoms with E-state index in [0.717, 1.165) is 71.1 Å². The summed E-state index contributed by atoms with van der Waals surface area (Å²) in [5.74, 6) is 0.376. The van der Waals surface area contributed by atoms with Crippen LogP contribution in [0.1, 0.15) is 48.9 Å². The molecule has 0 saturated heterocycles. The van der Waals surface area contributed by atoms with Crippen LogP contribution in [0.2, 0.25) is 0 Å². The molecule has 4 aromatic rings. The zero-order valence-corrected chi connectivity index (χ0v) is 22.2. The Labute approximate surface area is 217 Å². The summed E-state index contributed by atoms with van der Waals surface area (Å²) in [7, 11) is 0. The van der Waals surface area contributed by atoms with Gasteiger partial charge >= 0.3 is 5.97 Å². The summed E-state index contributed by atoms with van der Waals surface area (Å²) in [6.45, 7) is 10.6.